The van der Waals surface area contributed by atoms with Gasteiger partial charge >= 0.3 is 0 Å². The fourth-order valence-corrected chi connectivity index (χ4v) is 1.74. The minimum atomic E-state index is -0.300. The van der Waals surface area contributed by atoms with Gasteiger partial charge in [0.2, 0.25) is 5.91 Å². The maximum absolute atomic E-state index is 11.8. The molecule has 0 aliphatic carbocycles. The summed E-state index contributed by atoms with van der Waals surface area (Å²) in [5.74, 6) is -0.166. The average Bonchev–Trinajstić information content (AvgIpc) is 2.49. The molecule has 0 fully saturated rings. The van der Waals surface area contributed by atoms with Gasteiger partial charge in [-0.25, -0.2) is 0 Å². The van der Waals surface area contributed by atoms with Gasteiger partial charge < -0.3 is 15.5 Å². The van der Waals surface area contributed by atoms with Gasteiger partial charge in [-0.1, -0.05) is 6.07 Å². The van der Waals surface area contributed by atoms with Crippen LogP contribution in [0.3, 0.4) is 0 Å². The van der Waals surface area contributed by atoms with Gasteiger partial charge in [-0.05, 0) is 38.7 Å². The van der Waals surface area contributed by atoms with E-state index < -0.39 is 0 Å². The quantitative estimate of drug-likeness (QED) is 0.800. The normalized spacial score (nSPS) is 9.26. The van der Waals surface area contributed by atoms with Crippen LogP contribution in [0.4, 0.5) is 11.4 Å². The topological polar surface area (TPSA) is 116 Å². The summed E-state index contributed by atoms with van der Waals surface area (Å²) in [6, 6.07) is 10.2. The lowest BCUT2D eigenvalue weighted by atomic mass is 10.1. The minimum absolute atomic E-state index is 0.135. The van der Waals surface area contributed by atoms with Gasteiger partial charge in [-0.2, -0.15) is 15.8 Å². The summed E-state index contributed by atoms with van der Waals surface area (Å²) in [5.41, 5.74) is 1.51. The molecule has 0 heterocycles. The zero-order chi connectivity index (χ0) is 17.4. The lowest BCUT2D eigenvalue weighted by Crippen LogP contribution is -2.27. The molecule has 1 aromatic rings. The number of amides is 1. The summed E-state index contributed by atoms with van der Waals surface area (Å²) in [7, 11) is 3.58. The van der Waals surface area contributed by atoms with Crippen molar-refractivity contribution in [2.75, 3.05) is 31.3 Å². The molecule has 116 valence electrons. The number of allylic oxidation sites excluding steroid dienone is 2. The Morgan fingerprint density at radius 3 is 2.30 bits per heavy atom. The van der Waals surface area contributed by atoms with E-state index in [-0.39, 0.29) is 23.7 Å². The van der Waals surface area contributed by atoms with E-state index in [1.165, 1.54) is 0 Å². The molecule has 7 nitrogen and oxygen atoms in total. The number of benzene rings is 1. The lowest BCUT2D eigenvalue weighted by molar-refractivity contribution is -0.116. The molecular weight excluding hydrogens is 292 g/mol. The molecule has 0 aliphatic rings. The van der Waals surface area contributed by atoms with Crippen molar-refractivity contribution in [1.29, 1.82) is 15.8 Å². The number of carbonyl (C=O) groups excluding carboxylic acids is 1. The third kappa shape index (κ3) is 5.17. The summed E-state index contributed by atoms with van der Waals surface area (Å²) < 4.78 is 0. The van der Waals surface area contributed by atoms with E-state index >= 15 is 0 Å². The zero-order valence-electron chi connectivity index (χ0n) is 13.1. The Balaban J connectivity index is 3.05. The average molecular weight is 308 g/mol. The van der Waals surface area contributed by atoms with Crippen LogP contribution in [0, 0.1) is 40.9 Å². The van der Waals surface area contributed by atoms with Gasteiger partial charge in [0, 0.05) is 11.4 Å². The molecule has 23 heavy (non-hydrogen) atoms. The lowest BCUT2D eigenvalue weighted by Gasteiger charge is -2.13. The molecule has 0 saturated heterocycles. The Morgan fingerprint density at radius 1 is 1.13 bits per heavy atom. The number of nitrogens with zero attached hydrogens (tertiary/aromatic N) is 4. The van der Waals surface area contributed by atoms with Crippen LogP contribution in [-0.4, -0.2) is 31.4 Å². The van der Waals surface area contributed by atoms with E-state index in [1.54, 1.807) is 55.4 Å². The molecule has 0 spiro atoms. The van der Waals surface area contributed by atoms with E-state index in [9.17, 15) is 4.79 Å². The van der Waals surface area contributed by atoms with Crippen molar-refractivity contribution < 1.29 is 4.79 Å². The van der Waals surface area contributed by atoms with Gasteiger partial charge in [0.1, 0.15) is 23.9 Å². The zero-order valence-corrected chi connectivity index (χ0v) is 13.1. The summed E-state index contributed by atoms with van der Waals surface area (Å²) in [6.07, 6.45) is 0. The number of aryl methyl sites for hydroxylation is 1. The molecule has 0 radical (unpaired) electrons. The number of hydrogen-bond donors (Lipinski definition) is 2. The molecule has 0 aromatic heterocycles. The minimum Gasteiger partial charge on any atom is -0.345 e. The maximum atomic E-state index is 11.8. The van der Waals surface area contributed by atoms with Crippen LogP contribution in [0.2, 0.25) is 0 Å². The number of hydrogen-bond acceptors (Lipinski definition) is 6. The third-order valence-electron chi connectivity index (χ3n) is 2.83. The van der Waals surface area contributed by atoms with Crippen LogP contribution >= 0.6 is 0 Å². The Hall–Kier alpha value is -3.34. The van der Waals surface area contributed by atoms with Crippen molar-refractivity contribution in [3.05, 3.63) is 35.0 Å². The van der Waals surface area contributed by atoms with E-state index in [4.69, 9.17) is 15.8 Å². The highest BCUT2D eigenvalue weighted by molar-refractivity contribution is 5.93. The smallest absolute Gasteiger partial charge is 0.238 e. The summed E-state index contributed by atoms with van der Waals surface area (Å²) in [6.45, 7) is 2.08. The van der Waals surface area contributed by atoms with Crippen molar-refractivity contribution in [2.24, 2.45) is 0 Å². The van der Waals surface area contributed by atoms with E-state index in [1.807, 2.05) is 6.92 Å². The first kappa shape index (κ1) is 17.7. The second-order valence-electron chi connectivity index (χ2n) is 5.03. The molecular formula is C16H16N6O. The molecule has 1 aromatic carbocycles. The largest absolute Gasteiger partial charge is 0.345 e. The van der Waals surface area contributed by atoms with E-state index in [0.717, 1.165) is 5.56 Å². The molecule has 1 rings (SSSR count). The molecule has 1 amide bonds. The maximum Gasteiger partial charge on any atom is 0.238 e. The highest BCUT2D eigenvalue weighted by atomic mass is 16.2. The van der Waals surface area contributed by atoms with Crippen LogP contribution in [0.5, 0.6) is 0 Å². The molecule has 0 atom stereocenters. The van der Waals surface area contributed by atoms with Gasteiger partial charge in [0.05, 0.1) is 6.54 Å². The van der Waals surface area contributed by atoms with Crippen LogP contribution in [0.1, 0.15) is 5.56 Å². The first-order valence-electron chi connectivity index (χ1n) is 6.68. The van der Waals surface area contributed by atoms with E-state index in [0.29, 0.717) is 11.4 Å². The number of anilines is 2. The molecule has 2 N–H and O–H groups in total. The Bertz CT molecular complexity index is 742. The first-order chi connectivity index (χ1) is 10.9. The van der Waals surface area contributed by atoms with Crippen molar-refractivity contribution in [2.45, 2.75) is 6.92 Å². The molecule has 0 unspecified atom stereocenters. The van der Waals surface area contributed by atoms with Crippen LogP contribution < -0.4 is 10.6 Å². The number of rotatable bonds is 5. The van der Waals surface area contributed by atoms with Gasteiger partial charge in [0.25, 0.3) is 0 Å². The highest BCUT2D eigenvalue weighted by Crippen LogP contribution is 2.22. The SMILES string of the molecule is Cc1ccc(NC(C#N)=C(C#N)C#N)cc1NC(=O)CN(C)C. The predicted molar refractivity (Wildman–Crippen MR) is 85.9 cm³/mol. The van der Waals surface area contributed by atoms with Crippen molar-refractivity contribution >= 4 is 17.3 Å². The predicted octanol–water partition coefficient (Wildman–Crippen LogP) is 1.73. The second kappa shape index (κ2) is 8.19. The highest BCUT2D eigenvalue weighted by Gasteiger charge is 2.09. The number of nitriles is 3. The van der Waals surface area contributed by atoms with Crippen molar-refractivity contribution in [3.8, 4) is 18.2 Å². The monoisotopic (exact) mass is 308 g/mol. The van der Waals surface area contributed by atoms with Crippen molar-refractivity contribution in [3.63, 3.8) is 0 Å². The van der Waals surface area contributed by atoms with Crippen LogP contribution in [0.25, 0.3) is 0 Å². The summed E-state index contributed by atoms with van der Waals surface area (Å²) in [4.78, 5) is 13.6. The van der Waals surface area contributed by atoms with Crippen molar-refractivity contribution in [1.82, 2.24) is 4.90 Å². The fraction of sp³-hybridized carbons (Fsp3) is 0.250. The van der Waals surface area contributed by atoms with Gasteiger partial charge in [-0.3, -0.25) is 4.79 Å². The Morgan fingerprint density at radius 2 is 1.78 bits per heavy atom. The molecule has 7 heteroatoms. The standard InChI is InChI=1S/C16H16N6O/c1-11-4-5-13(20-15(9-19)12(7-17)8-18)6-14(11)21-16(23)10-22(2)3/h4-6,20H,10H2,1-3H3,(H,21,23). The van der Waals surface area contributed by atoms with Crippen LogP contribution in [-0.2, 0) is 4.79 Å². The molecule has 0 bridgehead atoms. The third-order valence-corrected chi connectivity index (χ3v) is 2.83. The molecule has 0 saturated carbocycles. The second-order valence-corrected chi connectivity index (χ2v) is 5.03. The Labute approximate surface area is 135 Å². The summed E-state index contributed by atoms with van der Waals surface area (Å²) in [5, 5.41) is 32.2. The number of nitrogens with one attached hydrogen (secondary N) is 2. The fourth-order valence-electron chi connectivity index (χ4n) is 1.74. The van der Waals surface area contributed by atoms with E-state index in [2.05, 4.69) is 10.6 Å². The van der Waals surface area contributed by atoms with Gasteiger partial charge in [-0.15, -0.1) is 0 Å². The Kier molecular flexibility index (Phi) is 6.30. The first-order valence-corrected chi connectivity index (χ1v) is 6.68. The van der Waals surface area contributed by atoms with Gasteiger partial charge in [0.15, 0.2) is 5.57 Å². The molecule has 0 aliphatic heterocycles. The summed E-state index contributed by atoms with van der Waals surface area (Å²) >= 11 is 0. The number of likely N-dealkylation sites (N-methyl/N-ethyl adjacent to an activating group) is 1. The number of carbonyl (C=O) groups is 1. The van der Waals surface area contributed by atoms with Crippen LogP contribution in [0.15, 0.2) is 29.5 Å².